The molecule has 116 valence electrons. The second kappa shape index (κ2) is 7.95. The summed E-state index contributed by atoms with van der Waals surface area (Å²) in [7, 11) is -0.513. The summed E-state index contributed by atoms with van der Waals surface area (Å²) in [5.74, 6) is -0.579. The minimum absolute atomic E-state index is 0.579. The van der Waals surface area contributed by atoms with Crippen LogP contribution in [0.25, 0.3) is 6.08 Å². The van der Waals surface area contributed by atoms with Crippen molar-refractivity contribution in [2.24, 2.45) is 0 Å². The molecule has 5 heteroatoms. The van der Waals surface area contributed by atoms with Gasteiger partial charge >= 0.3 is 7.60 Å². The molecule has 2 aromatic carbocycles. The van der Waals surface area contributed by atoms with Gasteiger partial charge in [0.15, 0.2) is 0 Å². The molecule has 0 aliphatic carbocycles. The highest BCUT2D eigenvalue weighted by Crippen LogP contribution is 2.52. The van der Waals surface area contributed by atoms with Gasteiger partial charge in [0, 0.05) is 19.9 Å². The number of hydrogen-bond acceptors (Lipinski definition) is 4. The van der Waals surface area contributed by atoms with Crippen LogP contribution >= 0.6 is 7.60 Å². The molecule has 4 nitrogen and oxygen atoms in total. The predicted molar refractivity (Wildman–Crippen MR) is 91.0 cm³/mol. The maximum atomic E-state index is 12.7. The molecule has 0 aliphatic rings. The van der Waals surface area contributed by atoms with Crippen molar-refractivity contribution in [3.05, 3.63) is 72.3 Å². The van der Waals surface area contributed by atoms with Crippen molar-refractivity contribution in [2.75, 3.05) is 19.5 Å². The first-order chi connectivity index (χ1) is 10.7. The van der Waals surface area contributed by atoms with E-state index in [0.29, 0.717) is 0 Å². The molecule has 1 N–H and O–H groups in total. The van der Waals surface area contributed by atoms with Gasteiger partial charge in [-0.3, -0.25) is 4.57 Å². The van der Waals surface area contributed by atoms with E-state index in [4.69, 9.17) is 9.05 Å². The van der Waals surface area contributed by atoms with Crippen molar-refractivity contribution in [1.29, 1.82) is 0 Å². The van der Waals surface area contributed by atoms with Crippen LogP contribution in [0.2, 0.25) is 0 Å². The number of anilines is 1. The van der Waals surface area contributed by atoms with Gasteiger partial charge < -0.3 is 14.4 Å². The summed E-state index contributed by atoms with van der Waals surface area (Å²) < 4.78 is 23.0. The van der Waals surface area contributed by atoms with Gasteiger partial charge in [-0.1, -0.05) is 54.6 Å². The maximum Gasteiger partial charge on any atom is 0.356 e. The fourth-order valence-corrected chi connectivity index (χ4v) is 3.21. The minimum atomic E-state index is -3.29. The van der Waals surface area contributed by atoms with Crippen molar-refractivity contribution < 1.29 is 13.6 Å². The molecule has 0 aliphatic heterocycles. The molecule has 1 atom stereocenters. The minimum Gasteiger partial charge on any atom is -0.368 e. The Morgan fingerprint density at radius 3 is 2.05 bits per heavy atom. The van der Waals surface area contributed by atoms with Crippen LogP contribution in [-0.4, -0.2) is 20.0 Å². The third kappa shape index (κ3) is 4.31. The van der Waals surface area contributed by atoms with E-state index in [9.17, 15) is 4.57 Å². The number of benzene rings is 2. The van der Waals surface area contributed by atoms with Gasteiger partial charge in [0.1, 0.15) is 5.78 Å². The quantitative estimate of drug-likeness (QED) is 0.757. The standard InChI is InChI=1S/C17H20NO3P/c1-20-22(19,21-2)17(18-16-11-7-4-8-12-16)14-13-15-9-5-3-6-10-15/h3-14,17-18H,1-2H3/b14-13+. The molecule has 0 heterocycles. The lowest BCUT2D eigenvalue weighted by atomic mass is 10.2. The van der Waals surface area contributed by atoms with Gasteiger partial charge in [0.25, 0.3) is 0 Å². The molecule has 1 unspecified atom stereocenters. The van der Waals surface area contributed by atoms with Crippen molar-refractivity contribution in [3.8, 4) is 0 Å². The maximum absolute atomic E-state index is 12.7. The first-order valence-electron chi connectivity index (χ1n) is 6.94. The van der Waals surface area contributed by atoms with E-state index in [1.165, 1.54) is 14.2 Å². The molecule has 0 bridgehead atoms. The van der Waals surface area contributed by atoms with E-state index >= 15 is 0 Å². The van der Waals surface area contributed by atoms with Crippen LogP contribution in [0.1, 0.15) is 5.56 Å². The van der Waals surface area contributed by atoms with Gasteiger partial charge in [-0.05, 0) is 23.8 Å². The third-order valence-electron chi connectivity index (χ3n) is 3.21. The van der Waals surface area contributed by atoms with E-state index < -0.39 is 13.4 Å². The van der Waals surface area contributed by atoms with Crippen LogP contribution in [-0.2, 0) is 13.6 Å². The molecule has 0 radical (unpaired) electrons. The van der Waals surface area contributed by atoms with Crippen LogP contribution in [0, 0.1) is 0 Å². The fourth-order valence-electron chi connectivity index (χ4n) is 2.01. The average Bonchev–Trinajstić information content (AvgIpc) is 2.59. The normalized spacial score (nSPS) is 13.2. The van der Waals surface area contributed by atoms with E-state index in [-0.39, 0.29) is 0 Å². The molecule has 0 saturated heterocycles. The molecular formula is C17H20NO3P. The lowest BCUT2D eigenvalue weighted by Crippen LogP contribution is -2.19. The number of nitrogens with one attached hydrogen (secondary N) is 1. The van der Waals surface area contributed by atoms with Crippen LogP contribution < -0.4 is 5.32 Å². The van der Waals surface area contributed by atoms with Gasteiger partial charge in [-0.2, -0.15) is 0 Å². The van der Waals surface area contributed by atoms with Crippen LogP contribution in [0.4, 0.5) is 5.69 Å². The van der Waals surface area contributed by atoms with Gasteiger partial charge in [-0.25, -0.2) is 0 Å². The molecule has 2 aromatic rings. The molecule has 0 aromatic heterocycles. The predicted octanol–water partition coefficient (Wildman–Crippen LogP) is 4.62. The van der Waals surface area contributed by atoms with Crippen molar-refractivity contribution in [1.82, 2.24) is 0 Å². The first kappa shape index (κ1) is 16.5. The summed E-state index contributed by atoms with van der Waals surface area (Å²) in [5, 5.41) is 3.19. The lowest BCUT2D eigenvalue weighted by molar-refractivity contribution is 0.272. The Labute approximate surface area is 131 Å². The molecule has 0 spiro atoms. The van der Waals surface area contributed by atoms with E-state index in [1.54, 1.807) is 6.08 Å². The van der Waals surface area contributed by atoms with E-state index in [2.05, 4.69) is 5.32 Å². The second-order valence-corrected chi connectivity index (χ2v) is 7.00. The van der Waals surface area contributed by atoms with Crippen LogP contribution in [0.15, 0.2) is 66.7 Å². The lowest BCUT2D eigenvalue weighted by Gasteiger charge is -2.23. The monoisotopic (exact) mass is 317 g/mol. The number of hydrogen-bond donors (Lipinski definition) is 1. The molecule has 0 fully saturated rings. The van der Waals surface area contributed by atoms with Gasteiger partial charge in [0.2, 0.25) is 0 Å². The molecule has 2 rings (SSSR count). The Morgan fingerprint density at radius 2 is 1.50 bits per heavy atom. The number of rotatable bonds is 7. The highest BCUT2D eigenvalue weighted by molar-refractivity contribution is 7.55. The van der Waals surface area contributed by atoms with Crippen molar-refractivity contribution in [2.45, 2.75) is 5.78 Å². The Bertz CT molecular complexity index is 635. The zero-order valence-electron chi connectivity index (χ0n) is 12.7. The summed E-state index contributed by atoms with van der Waals surface area (Å²) in [5.41, 5.74) is 1.86. The SMILES string of the molecule is COP(=O)(OC)C(/C=C/c1ccccc1)Nc1ccccc1. The van der Waals surface area contributed by atoms with Crippen LogP contribution in [0.3, 0.4) is 0 Å². The molecule has 0 saturated carbocycles. The first-order valence-corrected chi connectivity index (χ1v) is 8.55. The van der Waals surface area contributed by atoms with Gasteiger partial charge in [-0.15, -0.1) is 0 Å². The Balaban J connectivity index is 2.25. The summed E-state index contributed by atoms with van der Waals surface area (Å²) in [4.78, 5) is 0. The summed E-state index contributed by atoms with van der Waals surface area (Å²) >= 11 is 0. The zero-order chi connectivity index (χ0) is 15.8. The Hall–Kier alpha value is -1.87. The molecule has 0 amide bonds. The van der Waals surface area contributed by atoms with Crippen molar-refractivity contribution in [3.63, 3.8) is 0 Å². The Morgan fingerprint density at radius 1 is 0.955 bits per heavy atom. The zero-order valence-corrected chi connectivity index (χ0v) is 13.6. The largest absolute Gasteiger partial charge is 0.368 e. The van der Waals surface area contributed by atoms with Gasteiger partial charge in [0.05, 0.1) is 0 Å². The van der Waals surface area contributed by atoms with E-state index in [1.807, 2.05) is 66.7 Å². The topological polar surface area (TPSA) is 47.6 Å². The van der Waals surface area contributed by atoms with Crippen LogP contribution in [0.5, 0.6) is 0 Å². The summed E-state index contributed by atoms with van der Waals surface area (Å²) in [6.07, 6.45) is 3.70. The molecular weight excluding hydrogens is 297 g/mol. The summed E-state index contributed by atoms with van der Waals surface area (Å²) in [6, 6.07) is 19.3. The smallest absolute Gasteiger partial charge is 0.356 e. The number of para-hydroxylation sites is 1. The summed E-state index contributed by atoms with van der Waals surface area (Å²) in [6.45, 7) is 0. The third-order valence-corrected chi connectivity index (χ3v) is 5.21. The molecule has 22 heavy (non-hydrogen) atoms. The highest BCUT2D eigenvalue weighted by atomic mass is 31.2. The second-order valence-electron chi connectivity index (χ2n) is 4.63. The highest BCUT2D eigenvalue weighted by Gasteiger charge is 2.32. The fraction of sp³-hybridized carbons (Fsp3) is 0.176. The van der Waals surface area contributed by atoms with E-state index in [0.717, 1.165) is 11.3 Å². The Kier molecular flexibility index (Phi) is 5.96. The average molecular weight is 317 g/mol. The van der Waals surface area contributed by atoms with Crippen molar-refractivity contribution >= 4 is 19.4 Å².